The summed E-state index contributed by atoms with van der Waals surface area (Å²) in [6.07, 6.45) is 3.87. The van der Waals surface area contributed by atoms with Crippen molar-refractivity contribution in [3.63, 3.8) is 0 Å². The first-order valence-electron chi connectivity index (χ1n) is 8.32. The number of nitrogens with zero attached hydrogens (tertiary/aromatic N) is 1. The number of para-hydroxylation sites is 2. The van der Waals surface area contributed by atoms with Crippen LogP contribution < -0.4 is 20.3 Å². The van der Waals surface area contributed by atoms with Crippen molar-refractivity contribution in [1.82, 2.24) is 0 Å². The molecule has 1 aliphatic rings. The predicted octanol–water partition coefficient (Wildman–Crippen LogP) is 4.49. The molecule has 2 aromatic carbocycles. The first kappa shape index (κ1) is 16.6. The van der Waals surface area contributed by atoms with Gasteiger partial charge in [0.05, 0.1) is 12.8 Å². The highest BCUT2D eigenvalue weighted by Gasteiger charge is 2.11. The highest BCUT2D eigenvalue weighted by Crippen LogP contribution is 2.25. The molecule has 0 saturated carbocycles. The van der Waals surface area contributed by atoms with E-state index in [4.69, 9.17) is 17.0 Å². The van der Waals surface area contributed by atoms with Crippen molar-refractivity contribution >= 4 is 34.4 Å². The van der Waals surface area contributed by atoms with Gasteiger partial charge >= 0.3 is 0 Å². The van der Waals surface area contributed by atoms with E-state index < -0.39 is 0 Å². The molecule has 0 unspecified atom stereocenters. The fourth-order valence-electron chi connectivity index (χ4n) is 2.97. The molecule has 0 aliphatic carbocycles. The summed E-state index contributed by atoms with van der Waals surface area (Å²) in [5, 5.41) is 7.00. The topological polar surface area (TPSA) is 36.5 Å². The minimum Gasteiger partial charge on any atom is -0.495 e. The van der Waals surface area contributed by atoms with Gasteiger partial charge in [-0.25, -0.2) is 0 Å². The Balaban J connectivity index is 1.66. The number of hydrogen-bond acceptors (Lipinski definition) is 3. The molecule has 2 N–H and O–H groups in total. The van der Waals surface area contributed by atoms with E-state index in [0.717, 1.165) is 30.2 Å². The van der Waals surface area contributed by atoms with Crippen LogP contribution in [0.25, 0.3) is 0 Å². The van der Waals surface area contributed by atoms with Crippen LogP contribution in [-0.4, -0.2) is 25.3 Å². The van der Waals surface area contributed by atoms with E-state index in [-0.39, 0.29) is 0 Å². The Morgan fingerprint density at radius 3 is 2.58 bits per heavy atom. The molecule has 0 aromatic heterocycles. The van der Waals surface area contributed by atoms with Gasteiger partial charge in [-0.1, -0.05) is 18.2 Å². The van der Waals surface area contributed by atoms with Gasteiger partial charge in [0, 0.05) is 24.5 Å². The predicted molar refractivity (Wildman–Crippen MR) is 105 cm³/mol. The van der Waals surface area contributed by atoms with E-state index in [1.807, 2.05) is 30.3 Å². The minimum atomic E-state index is 0.551. The van der Waals surface area contributed by atoms with Gasteiger partial charge in [0.2, 0.25) is 0 Å². The van der Waals surface area contributed by atoms with Gasteiger partial charge < -0.3 is 20.3 Å². The quantitative estimate of drug-likeness (QED) is 0.801. The largest absolute Gasteiger partial charge is 0.495 e. The van der Waals surface area contributed by atoms with Crippen LogP contribution in [0.1, 0.15) is 19.3 Å². The molecule has 1 heterocycles. The Morgan fingerprint density at radius 2 is 1.79 bits per heavy atom. The van der Waals surface area contributed by atoms with Crippen molar-refractivity contribution < 1.29 is 4.74 Å². The maximum atomic E-state index is 5.43. The number of nitrogens with one attached hydrogen (secondary N) is 2. The molecule has 0 bridgehead atoms. The van der Waals surface area contributed by atoms with E-state index in [1.165, 1.54) is 24.9 Å². The molecule has 4 nitrogen and oxygen atoms in total. The number of hydrogen-bond donors (Lipinski definition) is 2. The molecule has 5 heteroatoms. The maximum Gasteiger partial charge on any atom is 0.175 e. The zero-order valence-corrected chi connectivity index (χ0v) is 14.7. The Morgan fingerprint density at radius 1 is 1.00 bits per heavy atom. The van der Waals surface area contributed by atoms with Crippen LogP contribution in [0.3, 0.4) is 0 Å². The molecule has 0 spiro atoms. The molecule has 0 atom stereocenters. The number of anilines is 3. The Labute approximate surface area is 148 Å². The first-order chi connectivity index (χ1) is 11.8. The van der Waals surface area contributed by atoms with Crippen molar-refractivity contribution in [2.24, 2.45) is 0 Å². The number of rotatable bonds is 4. The monoisotopic (exact) mass is 341 g/mol. The summed E-state index contributed by atoms with van der Waals surface area (Å²) in [6, 6.07) is 16.1. The van der Waals surface area contributed by atoms with E-state index in [2.05, 4.69) is 33.7 Å². The number of benzene rings is 2. The second-order valence-corrected chi connectivity index (χ2v) is 6.29. The molecule has 0 radical (unpaired) electrons. The van der Waals surface area contributed by atoms with Crippen LogP contribution >= 0.6 is 12.2 Å². The molecule has 2 aromatic rings. The van der Waals surface area contributed by atoms with Gasteiger partial charge in [0.1, 0.15) is 5.75 Å². The van der Waals surface area contributed by atoms with E-state index in [0.29, 0.717) is 5.11 Å². The van der Waals surface area contributed by atoms with E-state index in [9.17, 15) is 0 Å². The van der Waals surface area contributed by atoms with Crippen LogP contribution in [0.2, 0.25) is 0 Å². The lowest BCUT2D eigenvalue weighted by atomic mass is 10.1. The van der Waals surface area contributed by atoms with Gasteiger partial charge in [0.25, 0.3) is 0 Å². The molecular formula is C19H23N3OS. The average Bonchev–Trinajstić information content (AvgIpc) is 2.63. The molecule has 0 amide bonds. The SMILES string of the molecule is COc1ccccc1NC(=S)Nc1cccc(N2CCCCC2)c1. The van der Waals surface area contributed by atoms with Crippen molar-refractivity contribution in [1.29, 1.82) is 0 Å². The fraction of sp³-hybridized carbons (Fsp3) is 0.316. The van der Waals surface area contributed by atoms with Crippen molar-refractivity contribution in [2.75, 3.05) is 35.7 Å². The van der Waals surface area contributed by atoms with Gasteiger partial charge in [0.15, 0.2) is 5.11 Å². The van der Waals surface area contributed by atoms with Gasteiger partial charge in [-0.3, -0.25) is 0 Å². The second kappa shape index (κ2) is 8.02. The zero-order chi connectivity index (χ0) is 16.8. The highest BCUT2D eigenvalue weighted by molar-refractivity contribution is 7.80. The Kier molecular flexibility index (Phi) is 5.54. The van der Waals surface area contributed by atoms with Crippen LogP contribution in [0.4, 0.5) is 17.1 Å². The summed E-state index contributed by atoms with van der Waals surface area (Å²) in [7, 11) is 1.65. The summed E-state index contributed by atoms with van der Waals surface area (Å²) >= 11 is 5.43. The summed E-state index contributed by atoms with van der Waals surface area (Å²) < 4.78 is 5.34. The number of ether oxygens (including phenoxy) is 1. The molecule has 1 fully saturated rings. The van der Waals surface area contributed by atoms with Crippen LogP contribution in [0, 0.1) is 0 Å². The van der Waals surface area contributed by atoms with E-state index in [1.54, 1.807) is 7.11 Å². The van der Waals surface area contributed by atoms with Crippen molar-refractivity contribution in [3.05, 3.63) is 48.5 Å². The summed E-state index contributed by atoms with van der Waals surface area (Å²) in [6.45, 7) is 2.26. The number of methoxy groups -OCH3 is 1. The highest BCUT2D eigenvalue weighted by atomic mass is 32.1. The lowest BCUT2D eigenvalue weighted by molar-refractivity contribution is 0.417. The summed E-state index contributed by atoms with van der Waals surface area (Å²) in [5.74, 6) is 0.767. The normalized spacial score (nSPS) is 14.1. The number of piperidine rings is 1. The van der Waals surface area contributed by atoms with Gasteiger partial charge in [-0.05, 0) is 61.8 Å². The lowest BCUT2D eigenvalue weighted by Crippen LogP contribution is -2.29. The molecular weight excluding hydrogens is 318 g/mol. The molecule has 24 heavy (non-hydrogen) atoms. The molecule has 1 saturated heterocycles. The average molecular weight is 341 g/mol. The standard InChI is InChI=1S/C19H23N3OS/c1-23-18-11-4-3-10-17(18)21-19(24)20-15-8-7-9-16(14-15)22-12-5-2-6-13-22/h3-4,7-11,14H,2,5-6,12-13H2,1H3,(H2,20,21,24). The third-order valence-electron chi connectivity index (χ3n) is 4.18. The van der Waals surface area contributed by atoms with Crippen LogP contribution in [0.15, 0.2) is 48.5 Å². The third kappa shape index (κ3) is 4.17. The molecule has 3 rings (SSSR count). The van der Waals surface area contributed by atoms with Crippen molar-refractivity contribution in [3.8, 4) is 5.75 Å². The van der Waals surface area contributed by atoms with Crippen LogP contribution in [-0.2, 0) is 0 Å². The minimum absolute atomic E-state index is 0.551. The van der Waals surface area contributed by atoms with Crippen LogP contribution in [0.5, 0.6) is 5.75 Å². The Bertz CT molecular complexity index is 699. The number of thiocarbonyl (C=S) groups is 1. The second-order valence-electron chi connectivity index (χ2n) is 5.88. The van der Waals surface area contributed by atoms with Crippen molar-refractivity contribution in [2.45, 2.75) is 19.3 Å². The zero-order valence-electron chi connectivity index (χ0n) is 13.9. The molecule has 1 aliphatic heterocycles. The fourth-order valence-corrected chi connectivity index (χ4v) is 3.19. The first-order valence-corrected chi connectivity index (χ1v) is 8.73. The Hall–Kier alpha value is -2.27. The van der Waals surface area contributed by atoms with Gasteiger partial charge in [-0.15, -0.1) is 0 Å². The smallest absolute Gasteiger partial charge is 0.175 e. The van der Waals surface area contributed by atoms with E-state index >= 15 is 0 Å². The third-order valence-corrected chi connectivity index (χ3v) is 4.38. The molecule has 126 valence electrons. The summed E-state index contributed by atoms with van der Waals surface area (Å²) in [4.78, 5) is 2.44. The summed E-state index contributed by atoms with van der Waals surface area (Å²) in [5.41, 5.74) is 3.09. The van der Waals surface area contributed by atoms with Gasteiger partial charge in [-0.2, -0.15) is 0 Å². The lowest BCUT2D eigenvalue weighted by Gasteiger charge is -2.29. The maximum absolute atomic E-state index is 5.43.